The molecule has 0 aromatic carbocycles. The van der Waals surface area contributed by atoms with E-state index in [1.807, 2.05) is 0 Å². The first-order valence-electron chi connectivity index (χ1n) is 9.43. The van der Waals surface area contributed by atoms with Crippen LogP contribution in [-0.4, -0.2) is 61.7 Å². The number of nitrogens with zero attached hydrogens (tertiary/aromatic N) is 2. The van der Waals surface area contributed by atoms with Crippen LogP contribution in [0.15, 0.2) is 0 Å². The van der Waals surface area contributed by atoms with E-state index in [1.54, 1.807) is 0 Å². The number of unbranched alkanes of at least 4 members (excludes halogenated alkanes) is 3. The summed E-state index contributed by atoms with van der Waals surface area (Å²) < 4.78 is 0. The van der Waals surface area contributed by atoms with Gasteiger partial charge in [0.2, 0.25) is 0 Å². The first kappa shape index (κ1) is 17.2. The van der Waals surface area contributed by atoms with Crippen LogP contribution >= 0.6 is 0 Å². The Kier molecular flexibility index (Phi) is 8.05. The van der Waals surface area contributed by atoms with Crippen molar-refractivity contribution in [3.63, 3.8) is 0 Å². The number of rotatable bonds is 10. The monoisotopic (exact) mass is 295 g/mol. The van der Waals surface area contributed by atoms with Gasteiger partial charge in [-0.2, -0.15) is 0 Å². The Balaban J connectivity index is 1.41. The second-order valence-electron chi connectivity index (χ2n) is 7.50. The SMILES string of the molecule is CC(C)CNCCCCCCN1CCC(N2CCCC2)C1. The molecule has 2 saturated heterocycles. The molecule has 1 atom stereocenters. The van der Waals surface area contributed by atoms with Gasteiger partial charge in [-0.3, -0.25) is 4.90 Å². The molecule has 124 valence electrons. The molecule has 0 aromatic heterocycles. The summed E-state index contributed by atoms with van der Waals surface area (Å²) in [6.45, 7) is 13.7. The van der Waals surface area contributed by atoms with E-state index in [2.05, 4.69) is 29.0 Å². The molecule has 21 heavy (non-hydrogen) atoms. The molecule has 0 aromatic rings. The van der Waals surface area contributed by atoms with Crippen molar-refractivity contribution in [3.05, 3.63) is 0 Å². The van der Waals surface area contributed by atoms with Crippen molar-refractivity contribution in [2.45, 2.75) is 64.8 Å². The molecule has 0 aliphatic carbocycles. The maximum absolute atomic E-state index is 3.54. The third-order valence-corrected chi connectivity index (χ3v) is 5.04. The van der Waals surface area contributed by atoms with Crippen molar-refractivity contribution in [3.8, 4) is 0 Å². The van der Waals surface area contributed by atoms with Crippen LogP contribution in [0, 0.1) is 5.92 Å². The third-order valence-electron chi connectivity index (χ3n) is 5.04. The van der Waals surface area contributed by atoms with Gasteiger partial charge < -0.3 is 10.2 Å². The second kappa shape index (κ2) is 9.81. The van der Waals surface area contributed by atoms with Crippen molar-refractivity contribution >= 4 is 0 Å². The predicted octanol–water partition coefficient (Wildman–Crippen LogP) is 2.96. The number of likely N-dealkylation sites (tertiary alicyclic amines) is 2. The summed E-state index contributed by atoms with van der Waals surface area (Å²) in [6.07, 6.45) is 9.84. The summed E-state index contributed by atoms with van der Waals surface area (Å²) in [5.41, 5.74) is 0. The van der Waals surface area contributed by atoms with E-state index in [0.29, 0.717) is 0 Å². The summed E-state index contributed by atoms with van der Waals surface area (Å²) in [4.78, 5) is 5.44. The quantitative estimate of drug-likeness (QED) is 0.625. The van der Waals surface area contributed by atoms with Gasteiger partial charge in [0.25, 0.3) is 0 Å². The summed E-state index contributed by atoms with van der Waals surface area (Å²) in [7, 11) is 0. The first-order valence-corrected chi connectivity index (χ1v) is 9.43. The molecular weight excluding hydrogens is 258 g/mol. The first-order chi connectivity index (χ1) is 10.3. The Labute approximate surface area is 132 Å². The highest BCUT2D eigenvalue weighted by molar-refractivity contribution is 4.85. The molecule has 2 aliphatic heterocycles. The Morgan fingerprint density at radius 2 is 1.76 bits per heavy atom. The molecule has 2 fully saturated rings. The van der Waals surface area contributed by atoms with Crippen molar-refractivity contribution in [2.75, 3.05) is 45.8 Å². The second-order valence-corrected chi connectivity index (χ2v) is 7.50. The Hall–Kier alpha value is -0.120. The Bertz CT molecular complexity index is 261. The predicted molar refractivity (Wildman–Crippen MR) is 91.8 cm³/mol. The van der Waals surface area contributed by atoms with E-state index in [0.717, 1.165) is 12.0 Å². The van der Waals surface area contributed by atoms with Gasteiger partial charge in [-0.1, -0.05) is 26.7 Å². The number of nitrogens with one attached hydrogen (secondary N) is 1. The molecule has 0 saturated carbocycles. The van der Waals surface area contributed by atoms with E-state index >= 15 is 0 Å². The highest BCUT2D eigenvalue weighted by Crippen LogP contribution is 2.20. The lowest BCUT2D eigenvalue weighted by atomic mass is 10.2. The van der Waals surface area contributed by atoms with Crippen molar-refractivity contribution in [1.29, 1.82) is 0 Å². The number of hydrogen-bond donors (Lipinski definition) is 1. The van der Waals surface area contributed by atoms with Crippen LogP contribution in [0.1, 0.15) is 58.8 Å². The van der Waals surface area contributed by atoms with Gasteiger partial charge in [0.1, 0.15) is 0 Å². The molecule has 2 rings (SSSR count). The fourth-order valence-corrected chi connectivity index (χ4v) is 3.75. The summed E-state index contributed by atoms with van der Waals surface area (Å²) in [6, 6.07) is 0.882. The van der Waals surface area contributed by atoms with Crippen LogP contribution in [0.4, 0.5) is 0 Å². The molecule has 1 unspecified atom stereocenters. The molecule has 3 heteroatoms. The van der Waals surface area contributed by atoms with E-state index in [-0.39, 0.29) is 0 Å². The standard InChI is InChI=1S/C18H37N3/c1-17(2)15-19-10-5-3-4-6-11-20-14-9-18(16-20)21-12-7-8-13-21/h17-19H,3-16H2,1-2H3. The molecule has 2 aliphatic rings. The average molecular weight is 296 g/mol. The maximum atomic E-state index is 3.54. The van der Waals surface area contributed by atoms with Gasteiger partial charge in [-0.25, -0.2) is 0 Å². The lowest BCUT2D eigenvalue weighted by Crippen LogP contribution is -2.35. The van der Waals surface area contributed by atoms with E-state index in [4.69, 9.17) is 0 Å². The summed E-state index contributed by atoms with van der Waals surface area (Å²) >= 11 is 0. The van der Waals surface area contributed by atoms with Gasteiger partial charge in [0.05, 0.1) is 0 Å². The van der Waals surface area contributed by atoms with Crippen molar-refractivity contribution < 1.29 is 0 Å². The minimum Gasteiger partial charge on any atom is -0.316 e. The van der Waals surface area contributed by atoms with Gasteiger partial charge in [-0.15, -0.1) is 0 Å². The highest BCUT2D eigenvalue weighted by atomic mass is 15.3. The summed E-state index contributed by atoms with van der Waals surface area (Å²) in [5, 5.41) is 3.54. The van der Waals surface area contributed by atoms with Crippen LogP contribution in [0.5, 0.6) is 0 Å². The van der Waals surface area contributed by atoms with E-state index in [1.165, 1.54) is 90.8 Å². The molecule has 0 amide bonds. The maximum Gasteiger partial charge on any atom is 0.0235 e. The fourth-order valence-electron chi connectivity index (χ4n) is 3.75. The minimum absolute atomic E-state index is 0.781. The van der Waals surface area contributed by atoms with Crippen LogP contribution in [-0.2, 0) is 0 Å². The fraction of sp³-hybridized carbons (Fsp3) is 1.00. The van der Waals surface area contributed by atoms with E-state index in [9.17, 15) is 0 Å². The highest BCUT2D eigenvalue weighted by Gasteiger charge is 2.28. The molecule has 0 radical (unpaired) electrons. The summed E-state index contributed by atoms with van der Waals surface area (Å²) in [5.74, 6) is 0.781. The van der Waals surface area contributed by atoms with Crippen LogP contribution in [0.25, 0.3) is 0 Å². The van der Waals surface area contributed by atoms with Crippen LogP contribution < -0.4 is 5.32 Å². The zero-order valence-corrected chi connectivity index (χ0v) is 14.4. The van der Waals surface area contributed by atoms with Gasteiger partial charge in [-0.05, 0) is 77.3 Å². The van der Waals surface area contributed by atoms with Gasteiger partial charge in [0, 0.05) is 12.6 Å². The smallest absolute Gasteiger partial charge is 0.0235 e. The molecular formula is C18H37N3. The zero-order chi connectivity index (χ0) is 14.9. The Morgan fingerprint density at radius 3 is 2.52 bits per heavy atom. The lowest BCUT2D eigenvalue weighted by molar-refractivity contribution is 0.231. The molecule has 0 bridgehead atoms. The minimum atomic E-state index is 0.781. The van der Waals surface area contributed by atoms with Gasteiger partial charge in [0.15, 0.2) is 0 Å². The topological polar surface area (TPSA) is 18.5 Å². The molecule has 1 N–H and O–H groups in total. The van der Waals surface area contributed by atoms with Crippen molar-refractivity contribution in [2.24, 2.45) is 5.92 Å². The van der Waals surface area contributed by atoms with Crippen LogP contribution in [0.2, 0.25) is 0 Å². The zero-order valence-electron chi connectivity index (χ0n) is 14.4. The largest absolute Gasteiger partial charge is 0.316 e. The lowest BCUT2D eigenvalue weighted by Gasteiger charge is -2.23. The number of hydrogen-bond acceptors (Lipinski definition) is 3. The van der Waals surface area contributed by atoms with E-state index < -0.39 is 0 Å². The normalized spacial score (nSPS) is 24.4. The molecule has 0 spiro atoms. The third kappa shape index (κ3) is 6.66. The molecule has 2 heterocycles. The molecule has 3 nitrogen and oxygen atoms in total. The van der Waals surface area contributed by atoms with Crippen molar-refractivity contribution in [1.82, 2.24) is 15.1 Å². The Morgan fingerprint density at radius 1 is 1.00 bits per heavy atom. The van der Waals surface area contributed by atoms with Crippen LogP contribution in [0.3, 0.4) is 0 Å². The average Bonchev–Trinajstić information content (AvgIpc) is 3.11. The van der Waals surface area contributed by atoms with Gasteiger partial charge >= 0.3 is 0 Å².